The van der Waals surface area contributed by atoms with E-state index in [1.807, 2.05) is 0 Å². The first-order valence-corrected chi connectivity index (χ1v) is 24.4. The molecule has 0 saturated carbocycles. The van der Waals surface area contributed by atoms with Crippen LogP contribution in [0, 0.1) is 6.92 Å². The molecule has 340 valence electrons. The van der Waals surface area contributed by atoms with Crippen molar-refractivity contribution in [3.05, 3.63) is 161 Å². The molecule has 3 heterocycles. The number of nitrogens with zero attached hydrogens (tertiary/aromatic N) is 2. The summed E-state index contributed by atoms with van der Waals surface area (Å²) in [5.41, 5.74) is 22.3. The van der Waals surface area contributed by atoms with E-state index in [0.717, 1.165) is 29.3 Å². The maximum absolute atomic E-state index is 6.37. The molecule has 4 nitrogen and oxygen atoms in total. The number of benzene rings is 7. The lowest BCUT2D eigenvalue weighted by atomic mass is 9.33. The molecule has 0 spiro atoms. The maximum atomic E-state index is 6.37. The fourth-order valence-electron chi connectivity index (χ4n) is 10.3. The summed E-state index contributed by atoms with van der Waals surface area (Å²) in [7, 11) is 0. The lowest BCUT2D eigenvalue weighted by molar-refractivity contribution is 0.297. The molecule has 0 unspecified atom stereocenters. The number of aryl methyl sites for hydroxylation is 1. The quantitative estimate of drug-likeness (QED) is 0.164. The summed E-state index contributed by atoms with van der Waals surface area (Å²) >= 11 is 0. The van der Waals surface area contributed by atoms with Crippen molar-refractivity contribution in [1.29, 1.82) is 0 Å². The van der Waals surface area contributed by atoms with Gasteiger partial charge in [-0.25, -0.2) is 0 Å². The highest BCUT2D eigenvalue weighted by Gasteiger charge is 2.44. The van der Waals surface area contributed by atoms with Gasteiger partial charge in [0.1, 0.15) is 0 Å². The summed E-state index contributed by atoms with van der Waals surface area (Å²) in [6.07, 6.45) is 0.860. The summed E-state index contributed by atoms with van der Waals surface area (Å²) in [4.78, 5) is 5.07. The van der Waals surface area contributed by atoms with Gasteiger partial charge in [-0.05, 0) is 150 Å². The van der Waals surface area contributed by atoms with Gasteiger partial charge < -0.3 is 19.3 Å². The van der Waals surface area contributed by atoms with Gasteiger partial charge in [0.25, 0.3) is 6.71 Å². The molecule has 0 N–H and O–H groups in total. The van der Waals surface area contributed by atoms with Crippen LogP contribution in [0.3, 0.4) is 0 Å². The van der Waals surface area contributed by atoms with Gasteiger partial charge in [0.2, 0.25) is 0 Å². The van der Waals surface area contributed by atoms with Crippen LogP contribution in [0.25, 0.3) is 22.3 Å². The van der Waals surface area contributed by atoms with Gasteiger partial charge in [-0.15, -0.1) is 0 Å². The predicted molar refractivity (Wildman–Crippen MR) is 286 cm³/mol. The third-order valence-corrected chi connectivity index (χ3v) is 14.3. The minimum absolute atomic E-state index is 0.00866. The molecule has 0 aromatic heterocycles. The molecular formula is C62H67BN2O2. The van der Waals surface area contributed by atoms with E-state index < -0.39 is 0 Å². The van der Waals surface area contributed by atoms with Crippen LogP contribution >= 0.6 is 0 Å². The fourth-order valence-corrected chi connectivity index (χ4v) is 10.3. The highest BCUT2D eigenvalue weighted by molar-refractivity contribution is 7.00. The summed E-state index contributed by atoms with van der Waals surface area (Å²) < 4.78 is 12.5. The van der Waals surface area contributed by atoms with E-state index in [4.69, 9.17) is 9.47 Å². The van der Waals surface area contributed by atoms with Gasteiger partial charge in [-0.2, -0.15) is 0 Å². The van der Waals surface area contributed by atoms with Crippen LogP contribution in [0.1, 0.15) is 117 Å². The van der Waals surface area contributed by atoms with E-state index in [0.29, 0.717) is 13.2 Å². The third kappa shape index (κ3) is 8.13. The van der Waals surface area contributed by atoms with Crippen molar-refractivity contribution in [2.75, 3.05) is 23.0 Å². The van der Waals surface area contributed by atoms with Crippen LogP contribution in [0.5, 0.6) is 11.5 Å². The Labute approximate surface area is 401 Å². The molecule has 10 rings (SSSR count). The molecule has 7 aromatic rings. The normalized spacial score (nSPS) is 14.6. The fraction of sp³-hybridized carbons (Fsp3) is 0.323. The Kier molecular flexibility index (Phi) is 10.6. The summed E-state index contributed by atoms with van der Waals surface area (Å²) in [6.45, 7) is 31.2. The molecule has 0 aliphatic carbocycles. The van der Waals surface area contributed by atoms with Crippen LogP contribution in [0.15, 0.2) is 133 Å². The Morgan fingerprint density at radius 2 is 0.821 bits per heavy atom. The second-order valence-corrected chi connectivity index (χ2v) is 23.5. The molecule has 0 atom stereocenters. The van der Waals surface area contributed by atoms with Crippen LogP contribution < -0.4 is 35.7 Å². The van der Waals surface area contributed by atoms with E-state index >= 15 is 0 Å². The molecule has 0 bridgehead atoms. The monoisotopic (exact) mass is 883 g/mol. The predicted octanol–water partition coefficient (Wildman–Crippen LogP) is 14.8. The van der Waals surface area contributed by atoms with Crippen molar-refractivity contribution in [1.82, 2.24) is 0 Å². The van der Waals surface area contributed by atoms with Gasteiger partial charge in [-0.3, -0.25) is 0 Å². The zero-order valence-electron chi connectivity index (χ0n) is 42.1. The van der Waals surface area contributed by atoms with Gasteiger partial charge in [0, 0.05) is 40.9 Å². The molecule has 5 heteroatoms. The average molecular weight is 883 g/mol. The van der Waals surface area contributed by atoms with Crippen LogP contribution in [0.4, 0.5) is 34.1 Å². The van der Waals surface area contributed by atoms with Gasteiger partial charge >= 0.3 is 0 Å². The van der Waals surface area contributed by atoms with Crippen molar-refractivity contribution in [2.45, 2.75) is 118 Å². The number of anilines is 6. The average Bonchev–Trinajstić information content (AvgIpc) is 3.52. The molecule has 7 aromatic carbocycles. The molecule has 0 saturated heterocycles. The zero-order chi connectivity index (χ0) is 47.4. The second-order valence-electron chi connectivity index (χ2n) is 23.5. The Morgan fingerprint density at radius 3 is 1.28 bits per heavy atom. The van der Waals surface area contributed by atoms with E-state index in [-0.39, 0.29) is 28.4 Å². The smallest absolute Gasteiger partial charge is 0.252 e. The topological polar surface area (TPSA) is 24.9 Å². The minimum atomic E-state index is -0.0531. The number of hydrogen-bond acceptors (Lipinski definition) is 4. The minimum Gasteiger partial charge on any atom is -0.490 e. The first-order valence-electron chi connectivity index (χ1n) is 24.4. The number of ether oxygens (including phenoxy) is 2. The third-order valence-electron chi connectivity index (χ3n) is 14.3. The molecule has 0 radical (unpaired) electrons. The number of fused-ring (bicyclic) bond motifs is 5. The molecule has 0 fully saturated rings. The Hall–Kier alpha value is -6.20. The maximum Gasteiger partial charge on any atom is 0.252 e. The zero-order valence-corrected chi connectivity index (χ0v) is 42.1. The SMILES string of the molecule is Cc1cc2c3c(c1)N(c1ccc4c(c1)OCCCO4)c1ccc(C(C)(C)C)cc1B3c1cc(C(C)(C)C)ccc1N2c1cc(-c2ccc(C(C)(C)C)cc2)cc(-c2ccc(C(C)(C)C)cc2)c1. The first kappa shape index (κ1) is 44.6. The summed E-state index contributed by atoms with van der Waals surface area (Å²) in [5, 5.41) is 0. The van der Waals surface area contributed by atoms with Crippen molar-refractivity contribution in [2.24, 2.45) is 0 Å². The highest BCUT2D eigenvalue weighted by Crippen LogP contribution is 2.48. The van der Waals surface area contributed by atoms with Gasteiger partial charge in [-0.1, -0.05) is 156 Å². The van der Waals surface area contributed by atoms with E-state index in [9.17, 15) is 0 Å². The Bertz CT molecular complexity index is 2970. The van der Waals surface area contributed by atoms with Crippen molar-refractivity contribution < 1.29 is 9.47 Å². The summed E-state index contributed by atoms with van der Waals surface area (Å²) in [6, 6.07) is 51.6. The van der Waals surface area contributed by atoms with Crippen LogP contribution in [0.2, 0.25) is 0 Å². The standard InChI is InChI=1S/C62H67BN2O2/c1-39-31-54-58-55(32-39)65(49-34-42(40-15-19-44(20-16-40)59(2,3)4)33-43(35-49)41-17-21-45(22-18-41)60(5,6)7)53-27-24-47(62(11,12)13)37-51(53)63(58)50-36-46(61(8,9)10)23-26-52(50)64(54)48-25-28-56-57(38-48)67-30-14-29-66-56/h15-28,31-38H,14,29-30H2,1-13H3. The van der Waals surface area contributed by atoms with Crippen LogP contribution in [-0.2, 0) is 21.7 Å². The lowest BCUT2D eigenvalue weighted by Gasteiger charge is -2.45. The van der Waals surface area contributed by atoms with Crippen molar-refractivity contribution in [3.8, 4) is 33.8 Å². The van der Waals surface area contributed by atoms with Crippen molar-refractivity contribution >= 4 is 57.2 Å². The van der Waals surface area contributed by atoms with E-state index in [2.05, 4.69) is 233 Å². The van der Waals surface area contributed by atoms with Gasteiger partial charge in [0.05, 0.1) is 18.9 Å². The first-order chi connectivity index (χ1) is 31.6. The Morgan fingerprint density at radius 1 is 0.388 bits per heavy atom. The highest BCUT2D eigenvalue weighted by atomic mass is 16.5. The Balaban J connectivity index is 1.27. The van der Waals surface area contributed by atoms with Crippen molar-refractivity contribution in [3.63, 3.8) is 0 Å². The van der Waals surface area contributed by atoms with Gasteiger partial charge in [0.15, 0.2) is 11.5 Å². The molecular weight excluding hydrogens is 816 g/mol. The molecule has 3 aliphatic rings. The van der Waals surface area contributed by atoms with Crippen LogP contribution in [-0.4, -0.2) is 19.9 Å². The molecule has 67 heavy (non-hydrogen) atoms. The molecule has 0 amide bonds. The lowest BCUT2D eigenvalue weighted by Crippen LogP contribution is -2.61. The second kappa shape index (κ2) is 16.0. The molecule has 3 aliphatic heterocycles. The number of rotatable bonds is 4. The van der Waals surface area contributed by atoms with E-state index in [1.54, 1.807) is 0 Å². The largest absolute Gasteiger partial charge is 0.490 e. The van der Waals surface area contributed by atoms with E-state index in [1.165, 1.54) is 89.2 Å². The number of hydrogen-bond donors (Lipinski definition) is 0. The summed E-state index contributed by atoms with van der Waals surface area (Å²) in [5.74, 6) is 1.60.